The van der Waals surface area contributed by atoms with Crippen molar-refractivity contribution in [2.24, 2.45) is 0 Å². The van der Waals surface area contributed by atoms with Gasteiger partial charge < -0.3 is 4.98 Å². The molecular weight excluding hydrogens is 106 g/mol. The Hall–Kier alpha value is -1.32. The summed E-state index contributed by atoms with van der Waals surface area (Å²) in [5.41, 5.74) is 1.47. The van der Waals surface area contributed by atoms with E-state index in [1.807, 2.05) is 0 Å². The Bertz CT molecular complexity index is 233. The maximum absolute atomic E-state index is 4.37. The molecule has 4 heteroatoms. The van der Waals surface area contributed by atoms with Crippen molar-refractivity contribution in [1.29, 1.82) is 0 Å². The number of aromatic nitrogens is 3. The summed E-state index contributed by atoms with van der Waals surface area (Å²) in [7, 11) is 0. The summed E-state index contributed by atoms with van der Waals surface area (Å²) in [5.74, 6) is 0. The van der Waals surface area contributed by atoms with Crippen molar-refractivity contribution in [1.82, 2.24) is 15.3 Å². The molecule has 0 aromatic carbocycles. The third-order valence-electron chi connectivity index (χ3n) is 0.975. The second-order valence-corrected chi connectivity index (χ2v) is 1.48. The maximum atomic E-state index is 4.37. The van der Waals surface area contributed by atoms with Crippen LogP contribution in [0, 0.1) is 0 Å². The highest BCUT2D eigenvalue weighted by Crippen LogP contribution is 2.02. The molecule has 0 saturated heterocycles. The van der Waals surface area contributed by atoms with Gasteiger partial charge in [0.25, 0.3) is 0 Å². The van der Waals surface area contributed by atoms with Crippen LogP contribution in [0.15, 0.2) is 16.9 Å². The number of H-pyrrole nitrogens is 1. The summed E-state index contributed by atoms with van der Waals surface area (Å²) in [4.78, 5) is 2.83. The van der Waals surface area contributed by atoms with Gasteiger partial charge in [0.2, 0.25) is 5.65 Å². The fourth-order valence-electron chi connectivity index (χ4n) is 0.604. The Morgan fingerprint density at radius 3 is 3.38 bits per heavy atom. The molecule has 0 unspecified atom stereocenters. The highest BCUT2D eigenvalue weighted by atomic mass is 16.6. The van der Waals surface area contributed by atoms with Crippen LogP contribution in [-0.4, -0.2) is 15.3 Å². The predicted molar refractivity (Wildman–Crippen MR) is 26.2 cm³/mol. The molecule has 0 fully saturated rings. The van der Waals surface area contributed by atoms with Gasteiger partial charge in [0, 0.05) is 6.20 Å². The lowest BCUT2D eigenvalue weighted by Gasteiger charge is -1.60. The van der Waals surface area contributed by atoms with Gasteiger partial charge in [0.05, 0.1) is 0 Å². The van der Waals surface area contributed by atoms with Gasteiger partial charge in [-0.05, 0) is 16.4 Å². The Balaban J connectivity index is 3.06. The average molecular weight is 109 g/mol. The van der Waals surface area contributed by atoms with E-state index in [1.165, 1.54) is 0 Å². The van der Waals surface area contributed by atoms with Crippen molar-refractivity contribution in [2.45, 2.75) is 0 Å². The van der Waals surface area contributed by atoms with Gasteiger partial charge in [0.15, 0.2) is 5.52 Å². The van der Waals surface area contributed by atoms with Gasteiger partial charge in [-0.25, -0.2) is 4.63 Å². The maximum Gasteiger partial charge on any atom is 0.202 e. The van der Waals surface area contributed by atoms with E-state index in [-0.39, 0.29) is 0 Å². The van der Waals surface area contributed by atoms with Crippen molar-refractivity contribution in [3.8, 4) is 0 Å². The van der Waals surface area contributed by atoms with Gasteiger partial charge in [-0.2, -0.15) is 0 Å². The minimum atomic E-state index is 0.699. The van der Waals surface area contributed by atoms with Crippen LogP contribution in [0.4, 0.5) is 0 Å². The molecule has 0 atom stereocenters. The molecule has 0 bridgehead atoms. The standard InChI is InChI=1S/C4H3N3O/c1-2-5-4-3(1)6-8-7-4/h1-2H,(H,5,7). The van der Waals surface area contributed by atoms with E-state index in [0.717, 1.165) is 5.52 Å². The van der Waals surface area contributed by atoms with Gasteiger partial charge >= 0.3 is 0 Å². The number of nitrogens with zero attached hydrogens (tertiary/aromatic N) is 2. The van der Waals surface area contributed by atoms with Gasteiger partial charge in [-0.3, -0.25) is 0 Å². The first-order valence-corrected chi connectivity index (χ1v) is 2.22. The van der Waals surface area contributed by atoms with E-state index in [1.54, 1.807) is 12.3 Å². The van der Waals surface area contributed by atoms with Crippen molar-refractivity contribution in [2.75, 3.05) is 0 Å². The number of fused-ring (bicyclic) bond motifs is 1. The first-order chi connectivity index (χ1) is 3.97. The Morgan fingerprint density at radius 1 is 1.50 bits per heavy atom. The van der Waals surface area contributed by atoms with Crippen molar-refractivity contribution < 1.29 is 4.63 Å². The van der Waals surface area contributed by atoms with Crippen LogP contribution in [0.5, 0.6) is 0 Å². The molecular formula is C4H3N3O. The van der Waals surface area contributed by atoms with Gasteiger partial charge in [0.1, 0.15) is 0 Å². The number of rotatable bonds is 0. The van der Waals surface area contributed by atoms with Crippen LogP contribution < -0.4 is 0 Å². The monoisotopic (exact) mass is 109 g/mol. The molecule has 0 radical (unpaired) electrons. The van der Waals surface area contributed by atoms with Crippen LogP contribution in [0.3, 0.4) is 0 Å². The largest absolute Gasteiger partial charge is 0.342 e. The van der Waals surface area contributed by atoms with E-state index in [9.17, 15) is 0 Å². The van der Waals surface area contributed by atoms with E-state index >= 15 is 0 Å². The number of hydrogen-bond acceptors (Lipinski definition) is 3. The zero-order valence-electron chi connectivity index (χ0n) is 3.96. The predicted octanol–water partition coefficient (Wildman–Crippen LogP) is 0.551. The lowest BCUT2D eigenvalue weighted by atomic mass is 10.6. The molecule has 0 aliphatic rings. The van der Waals surface area contributed by atoms with Crippen LogP contribution in [-0.2, 0) is 0 Å². The minimum Gasteiger partial charge on any atom is -0.342 e. The molecule has 1 N–H and O–H groups in total. The normalized spacial score (nSPS) is 10.5. The highest BCUT2D eigenvalue weighted by Gasteiger charge is 1.95. The van der Waals surface area contributed by atoms with Gasteiger partial charge in [-0.1, -0.05) is 0 Å². The summed E-state index contributed by atoms with van der Waals surface area (Å²) in [6.07, 6.45) is 1.76. The summed E-state index contributed by atoms with van der Waals surface area (Å²) in [6, 6.07) is 1.80. The molecule has 2 aromatic heterocycles. The highest BCUT2D eigenvalue weighted by molar-refractivity contribution is 5.68. The second kappa shape index (κ2) is 1.09. The molecule has 4 nitrogen and oxygen atoms in total. The van der Waals surface area contributed by atoms with E-state index in [2.05, 4.69) is 19.9 Å². The third-order valence-corrected chi connectivity index (χ3v) is 0.975. The van der Waals surface area contributed by atoms with Crippen LogP contribution >= 0.6 is 0 Å². The Labute approximate surface area is 44.5 Å². The average Bonchev–Trinajstić information content (AvgIpc) is 2.15. The molecule has 0 saturated carbocycles. The molecule has 0 aliphatic heterocycles. The van der Waals surface area contributed by atoms with E-state index in [0.29, 0.717) is 5.65 Å². The molecule has 2 heterocycles. The van der Waals surface area contributed by atoms with Crippen LogP contribution in [0.2, 0.25) is 0 Å². The van der Waals surface area contributed by atoms with Gasteiger partial charge in [-0.15, -0.1) is 0 Å². The van der Waals surface area contributed by atoms with Crippen molar-refractivity contribution >= 4 is 11.2 Å². The van der Waals surface area contributed by atoms with E-state index < -0.39 is 0 Å². The molecule has 8 heavy (non-hydrogen) atoms. The molecule has 0 amide bonds. The lowest BCUT2D eigenvalue weighted by molar-refractivity contribution is 0.314. The first-order valence-electron chi connectivity index (χ1n) is 2.22. The minimum absolute atomic E-state index is 0.699. The summed E-state index contributed by atoms with van der Waals surface area (Å²) in [6.45, 7) is 0. The summed E-state index contributed by atoms with van der Waals surface area (Å²) < 4.78 is 4.37. The molecule has 2 rings (SSSR count). The Kier molecular flexibility index (Phi) is 0.498. The van der Waals surface area contributed by atoms with Crippen molar-refractivity contribution in [3.63, 3.8) is 0 Å². The topological polar surface area (TPSA) is 54.7 Å². The summed E-state index contributed by atoms with van der Waals surface area (Å²) >= 11 is 0. The Morgan fingerprint density at radius 2 is 2.50 bits per heavy atom. The lowest BCUT2D eigenvalue weighted by Crippen LogP contribution is -1.58. The fourth-order valence-corrected chi connectivity index (χ4v) is 0.604. The van der Waals surface area contributed by atoms with Crippen LogP contribution in [0.25, 0.3) is 11.2 Å². The number of nitrogens with one attached hydrogen (secondary N) is 1. The third kappa shape index (κ3) is 0.294. The summed E-state index contributed by atoms with van der Waals surface area (Å²) in [5, 5.41) is 7.10. The molecule has 0 aliphatic carbocycles. The smallest absolute Gasteiger partial charge is 0.202 e. The van der Waals surface area contributed by atoms with Crippen LogP contribution in [0.1, 0.15) is 0 Å². The SMILES string of the molecule is c1cc2nonc2[nH]1. The second-order valence-electron chi connectivity index (χ2n) is 1.48. The number of aromatic amines is 1. The van der Waals surface area contributed by atoms with Crippen molar-refractivity contribution in [3.05, 3.63) is 12.3 Å². The number of hydrogen-bond donors (Lipinski definition) is 1. The quantitative estimate of drug-likeness (QED) is 0.537. The molecule has 0 spiro atoms. The fraction of sp³-hybridized carbons (Fsp3) is 0. The zero-order chi connectivity index (χ0) is 5.40. The molecule has 40 valence electrons. The van der Waals surface area contributed by atoms with E-state index in [4.69, 9.17) is 0 Å². The zero-order valence-corrected chi connectivity index (χ0v) is 3.96. The molecule has 2 aromatic rings. The first kappa shape index (κ1) is 3.65.